The van der Waals surface area contributed by atoms with Crippen molar-refractivity contribution in [2.75, 3.05) is 38.6 Å². The van der Waals surface area contributed by atoms with E-state index in [1.54, 1.807) is 10.4 Å². The number of alkyl halides is 2. The highest BCUT2D eigenvalue weighted by atomic mass is 32.2. The second-order valence-electron chi connectivity index (χ2n) is 12.4. The van der Waals surface area contributed by atoms with Gasteiger partial charge in [-0.1, -0.05) is 12.1 Å². The fourth-order valence-electron chi connectivity index (χ4n) is 6.71. The summed E-state index contributed by atoms with van der Waals surface area (Å²) in [5, 5.41) is 6.97. The minimum absolute atomic E-state index is 0.0864. The van der Waals surface area contributed by atoms with Crippen molar-refractivity contribution in [2.24, 2.45) is 11.8 Å². The first-order chi connectivity index (χ1) is 18.5. The van der Waals surface area contributed by atoms with Crippen molar-refractivity contribution in [1.29, 1.82) is 0 Å². The molecule has 5 heterocycles. The molecule has 4 aliphatic heterocycles. The van der Waals surface area contributed by atoms with Crippen LogP contribution in [0.5, 0.6) is 0 Å². The standard InChI is InChI=1S/C27H42F2N4O5S/c1-18(5-8-27(2,28)29)14-32-9-6-19(7-10-32)17-39(35,36)33-22-3-4-23(33)12-21(11-22)30-26(34)24-13-25(38-31-24)20-15-37-16-20/h13,18-23H,3-12,14-17H2,1-2H3,(H,30,34). The fourth-order valence-corrected chi connectivity index (χ4v) is 9.10. The molecule has 2 bridgehead atoms. The number of ether oxygens (including phenoxy) is 1. The second-order valence-corrected chi connectivity index (χ2v) is 14.4. The van der Waals surface area contributed by atoms with Gasteiger partial charge in [0.15, 0.2) is 5.69 Å². The van der Waals surface area contributed by atoms with Crippen LogP contribution >= 0.6 is 0 Å². The van der Waals surface area contributed by atoms with Crippen LogP contribution in [0.25, 0.3) is 0 Å². The molecule has 1 aromatic heterocycles. The first-order valence-corrected chi connectivity index (χ1v) is 16.0. The van der Waals surface area contributed by atoms with Crippen molar-refractivity contribution >= 4 is 15.9 Å². The van der Waals surface area contributed by atoms with Crippen LogP contribution in [0.2, 0.25) is 0 Å². The molecule has 0 aromatic carbocycles. The summed E-state index contributed by atoms with van der Waals surface area (Å²) in [5.74, 6) is -1.63. The molecule has 0 aliphatic carbocycles. The maximum Gasteiger partial charge on any atom is 0.273 e. The van der Waals surface area contributed by atoms with Crippen LogP contribution in [-0.4, -0.2) is 91.3 Å². The van der Waals surface area contributed by atoms with Crippen LogP contribution in [0.3, 0.4) is 0 Å². The lowest BCUT2D eigenvalue weighted by atomic mass is 9.96. The first-order valence-electron chi connectivity index (χ1n) is 14.4. The van der Waals surface area contributed by atoms with Crippen molar-refractivity contribution in [3.05, 3.63) is 17.5 Å². The lowest BCUT2D eigenvalue weighted by Crippen LogP contribution is -2.53. The maximum absolute atomic E-state index is 13.5. The number of rotatable bonds is 11. The van der Waals surface area contributed by atoms with Gasteiger partial charge in [0.2, 0.25) is 15.9 Å². The van der Waals surface area contributed by atoms with Crippen LogP contribution < -0.4 is 5.32 Å². The topological polar surface area (TPSA) is 105 Å². The van der Waals surface area contributed by atoms with Crippen LogP contribution in [0.15, 0.2) is 10.6 Å². The average Bonchev–Trinajstić information content (AvgIpc) is 3.41. The minimum Gasteiger partial charge on any atom is -0.380 e. The lowest BCUT2D eigenvalue weighted by molar-refractivity contribution is -0.00229. The molecule has 0 spiro atoms. The summed E-state index contributed by atoms with van der Waals surface area (Å²) in [5.41, 5.74) is 0.253. The van der Waals surface area contributed by atoms with E-state index >= 15 is 0 Å². The number of hydrogen-bond donors (Lipinski definition) is 1. The van der Waals surface area contributed by atoms with Gasteiger partial charge in [-0.25, -0.2) is 17.2 Å². The number of nitrogens with zero attached hydrogens (tertiary/aromatic N) is 3. The zero-order valence-electron chi connectivity index (χ0n) is 23.0. The average molecular weight is 573 g/mol. The number of amides is 1. The molecule has 9 nitrogen and oxygen atoms in total. The quantitative estimate of drug-likeness (QED) is 0.432. The molecule has 3 atom stereocenters. The Morgan fingerprint density at radius 2 is 1.85 bits per heavy atom. The monoisotopic (exact) mass is 572 g/mol. The highest BCUT2D eigenvalue weighted by Gasteiger charge is 2.47. The first kappa shape index (κ1) is 28.9. The molecule has 1 aromatic rings. The Morgan fingerprint density at radius 3 is 2.44 bits per heavy atom. The molecule has 1 amide bonds. The van der Waals surface area contributed by atoms with Gasteiger partial charge in [0.1, 0.15) is 5.76 Å². The largest absolute Gasteiger partial charge is 0.380 e. The molecule has 220 valence electrons. The number of piperidine rings is 2. The summed E-state index contributed by atoms with van der Waals surface area (Å²) in [6.07, 6.45) is 4.87. The molecule has 0 saturated carbocycles. The van der Waals surface area contributed by atoms with Crippen molar-refractivity contribution in [2.45, 2.75) is 95.2 Å². The molecule has 4 aliphatic rings. The Kier molecular flexibility index (Phi) is 8.66. The summed E-state index contributed by atoms with van der Waals surface area (Å²) >= 11 is 0. The Morgan fingerprint density at radius 1 is 1.18 bits per heavy atom. The summed E-state index contributed by atoms with van der Waals surface area (Å²) < 4.78 is 65.6. The molecule has 5 rings (SSSR count). The zero-order valence-corrected chi connectivity index (χ0v) is 23.8. The number of likely N-dealkylation sites (tertiary alicyclic amines) is 1. The highest BCUT2D eigenvalue weighted by Crippen LogP contribution is 2.39. The third-order valence-corrected chi connectivity index (χ3v) is 11.1. The molecule has 39 heavy (non-hydrogen) atoms. The third-order valence-electron chi connectivity index (χ3n) is 8.92. The van der Waals surface area contributed by atoms with Gasteiger partial charge in [-0.15, -0.1) is 0 Å². The Bertz CT molecular complexity index is 1080. The Balaban J connectivity index is 1.08. The number of aromatic nitrogens is 1. The number of carbonyl (C=O) groups excluding carboxylic acids is 1. The molecule has 0 radical (unpaired) electrons. The maximum atomic E-state index is 13.5. The lowest BCUT2D eigenvalue weighted by Gasteiger charge is -2.39. The van der Waals surface area contributed by atoms with E-state index in [-0.39, 0.29) is 59.7 Å². The number of fused-ring (bicyclic) bond motifs is 2. The Labute approximate surface area is 230 Å². The van der Waals surface area contributed by atoms with Crippen molar-refractivity contribution < 1.29 is 31.3 Å². The van der Waals surface area contributed by atoms with Crippen LogP contribution in [0.1, 0.15) is 87.4 Å². The molecule has 12 heteroatoms. The summed E-state index contributed by atoms with van der Waals surface area (Å²) in [6.45, 7) is 6.54. The summed E-state index contributed by atoms with van der Waals surface area (Å²) in [7, 11) is -3.41. The smallest absolute Gasteiger partial charge is 0.273 e. The number of sulfonamides is 1. The van der Waals surface area contributed by atoms with E-state index in [1.165, 1.54) is 0 Å². The molecular weight excluding hydrogens is 530 g/mol. The summed E-state index contributed by atoms with van der Waals surface area (Å²) in [4.78, 5) is 15.1. The zero-order chi connectivity index (χ0) is 27.8. The SMILES string of the molecule is CC(CCC(C)(F)F)CN1CCC(CS(=O)(=O)N2C3CCC2CC(NC(=O)c2cc(C4COC4)on2)C3)CC1. The van der Waals surface area contributed by atoms with Gasteiger partial charge in [-0.3, -0.25) is 4.79 Å². The second kappa shape index (κ2) is 11.7. The molecule has 4 saturated heterocycles. The van der Waals surface area contributed by atoms with Gasteiger partial charge in [0.25, 0.3) is 5.91 Å². The van der Waals surface area contributed by atoms with E-state index in [4.69, 9.17) is 9.26 Å². The van der Waals surface area contributed by atoms with E-state index < -0.39 is 15.9 Å². The fraction of sp³-hybridized carbons (Fsp3) is 0.852. The number of nitrogens with one attached hydrogen (secondary N) is 1. The Hall–Kier alpha value is -1.63. The summed E-state index contributed by atoms with van der Waals surface area (Å²) in [6, 6.07) is 1.41. The van der Waals surface area contributed by atoms with Gasteiger partial charge >= 0.3 is 0 Å². The normalized spacial score (nSPS) is 28.4. The van der Waals surface area contributed by atoms with E-state index in [9.17, 15) is 22.0 Å². The van der Waals surface area contributed by atoms with Gasteiger partial charge in [0, 0.05) is 37.2 Å². The minimum atomic E-state index is -3.41. The predicted molar refractivity (Wildman–Crippen MR) is 141 cm³/mol. The van der Waals surface area contributed by atoms with E-state index in [0.29, 0.717) is 38.2 Å². The van der Waals surface area contributed by atoms with Crippen LogP contribution in [0, 0.1) is 11.8 Å². The predicted octanol–water partition coefficient (Wildman–Crippen LogP) is 3.63. The van der Waals surface area contributed by atoms with Crippen LogP contribution in [0.4, 0.5) is 8.78 Å². The highest BCUT2D eigenvalue weighted by molar-refractivity contribution is 7.89. The van der Waals surface area contributed by atoms with Crippen molar-refractivity contribution in [1.82, 2.24) is 19.7 Å². The molecule has 4 fully saturated rings. The third kappa shape index (κ3) is 7.18. The molecule has 1 N–H and O–H groups in total. The van der Waals surface area contributed by atoms with Gasteiger partial charge < -0.3 is 19.5 Å². The van der Waals surface area contributed by atoms with Gasteiger partial charge in [-0.2, -0.15) is 4.31 Å². The molecule has 3 unspecified atom stereocenters. The van der Waals surface area contributed by atoms with Crippen molar-refractivity contribution in [3.8, 4) is 0 Å². The van der Waals surface area contributed by atoms with E-state index in [1.807, 2.05) is 6.92 Å². The van der Waals surface area contributed by atoms with Gasteiger partial charge in [-0.05, 0) is 76.8 Å². The molecular formula is C27H42F2N4O5S. The number of carbonyl (C=O) groups is 1. The number of hydrogen-bond acceptors (Lipinski definition) is 7. The number of halogens is 2. The van der Waals surface area contributed by atoms with Gasteiger partial charge in [0.05, 0.1) is 24.9 Å². The van der Waals surface area contributed by atoms with E-state index in [0.717, 1.165) is 52.2 Å². The van der Waals surface area contributed by atoms with Crippen LogP contribution in [-0.2, 0) is 14.8 Å². The van der Waals surface area contributed by atoms with Crippen molar-refractivity contribution in [3.63, 3.8) is 0 Å². The van der Waals surface area contributed by atoms with E-state index in [2.05, 4.69) is 15.4 Å².